The summed E-state index contributed by atoms with van der Waals surface area (Å²) >= 11 is 0. The summed E-state index contributed by atoms with van der Waals surface area (Å²) in [4.78, 5) is 32.3. The van der Waals surface area contributed by atoms with Gasteiger partial charge in [-0.25, -0.2) is 9.37 Å². The van der Waals surface area contributed by atoms with E-state index in [4.69, 9.17) is 0 Å². The highest BCUT2D eigenvalue weighted by Crippen LogP contribution is 2.33. The van der Waals surface area contributed by atoms with E-state index < -0.39 is 12.0 Å². The molecule has 0 radical (unpaired) electrons. The van der Waals surface area contributed by atoms with Crippen molar-refractivity contribution in [3.63, 3.8) is 0 Å². The van der Waals surface area contributed by atoms with Crippen molar-refractivity contribution in [2.45, 2.75) is 19.7 Å². The molecule has 1 unspecified atom stereocenters. The number of aromatic nitrogens is 2. The van der Waals surface area contributed by atoms with Crippen LogP contribution >= 0.6 is 0 Å². The summed E-state index contributed by atoms with van der Waals surface area (Å²) in [7, 11) is 0. The van der Waals surface area contributed by atoms with Crippen LogP contribution in [0.5, 0.6) is 0 Å². The Balaban J connectivity index is 1.71. The van der Waals surface area contributed by atoms with Gasteiger partial charge in [0.15, 0.2) is 6.23 Å². The summed E-state index contributed by atoms with van der Waals surface area (Å²) in [6, 6.07) is 17.8. The molecule has 0 bridgehead atoms. The molecule has 3 heterocycles. The van der Waals surface area contributed by atoms with Gasteiger partial charge in [-0.3, -0.25) is 14.0 Å². The molecule has 0 spiro atoms. The fourth-order valence-corrected chi connectivity index (χ4v) is 4.10. The van der Waals surface area contributed by atoms with Crippen molar-refractivity contribution in [3.05, 3.63) is 105 Å². The normalized spacial score (nSPS) is 15.5. The second-order valence-electron chi connectivity index (χ2n) is 7.50. The Morgan fingerprint density at radius 1 is 1.03 bits per heavy atom. The molecule has 0 saturated heterocycles. The third-order valence-corrected chi connectivity index (χ3v) is 5.58. The summed E-state index contributed by atoms with van der Waals surface area (Å²) in [5.74, 6) is -0.832. The van der Waals surface area contributed by atoms with Gasteiger partial charge >= 0.3 is 0 Å². The lowest BCUT2D eigenvalue weighted by atomic mass is 10.0. The smallest absolute Gasteiger partial charge is 0.266 e. The number of carbonyl (C=O) groups excluding carboxylic acids is 1. The SMILES string of the molecule is Cc1cccc2nc(CN3C(=O)c4ccccc4C3O)c(-c3cccc(F)c3)c(=O)n12. The molecule has 6 nitrogen and oxygen atoms in total. The molecule has 2 aromatic heterocycles. The molecule has 31 heavy (non-hydrogen) atoms. The lowest BCUT2D eigenvalue weighted by molar-refractivity contribution is 0.0133. The first-order chi connectivity index (χ1) is 15.0. The van der Waals surface area contributed by atoms with Crippen LogP contribution in [0.25, 0.3) is 16.8 Å². The molecule has 2 aromatic carbocycles. The van der Waals surface area contributed by atoms with Crippen molar-refractivity contribution in [3.8, 4) is 11.1 Å². The van der Waals surface area contributed by atoms with Gasteiger partial charge in [-0.1, -0.05) is 36.4 Å². The second kappa shape index (κ2) is 7.14. The van der Waals surface area contributed by atoms with Crippen molar-refractivity contribution in [2.24, 2.45) is 0 Å². The lowest BCUT2D eigenvalue weighted by Crippen LogP contribution is -2.30. The van der Waals surface area contributed by atoms with Gasteiger partial charge in [0, 0.05) is 16.8 Å². The number of hydrogen-bond acceptors (Lipinski definition) is 4. The number of pyridine rings is 1. The Labute approximate surface area is 176 Å². The molecule has 0 aliphatic carbocycles. The number of halogens is 1. The van der Waals surface area contributed by atoms with Crippen LogP contribution in [0.3, 0.4) is 0 Å². The molecule has 1 aliphatic heterocycles. The van der Waals surface area contributed by atoms with Crippen LogP contribution in [0.4, 0.5) is 4.39 Å². The number of amides is 1. The van der Waals surface area contributed by atoms with Gasteiger partial charge in [-0.05, 0) is 42.8 Å². The molecular formula is C24H18FN3O3. The van der Waals surface area contributed by atoms with Crippen molar-refractivity contribution < 1.29 is 14.3 Å². The Hall–Kier alpha value is -3.84. The van der Waals surface area contributed by atoms with Gasteiger partial charge in [0.05, 0.1) is 17.8 Å². The van der Waals surface area contributed by atoms with Crippen LogP contribution in [0.15, 0.2) is 71.5 Å². The zero-order valence-corrected chi connectivity index (χ0v) is 16.6. The number of benzene rings is 2. The highest BCUT2D eigenvalue weighted by atomic mass is 19.1. The van der Waals surface area contributed by atoms with E-state index in [0.717, 1.165) is 0 Å². The average Bonchev–Trinajstić information content (AvgIpc) is 2.99. The van der Waals surface area contributed by atoms with Crippen molar-refractivity contribution in [1.29, 1.82) is 0 Å². The second-order valence-corrected chi connectivity index (χ2v) is 7.50. The van der Waals surface area contributed by atoms with Crippen LogP contribution < -0.4 is 5.56 Å². The number of aliphatic hydroxyl groups excluding tert-OH is 1. The predicted octanol–water partition coefficient (Wildman–Crippen LogP) is 3.46. The van der Waals surface area contributed by atoms with Gasteiger partial charge in [0.25, 0.3) is 11.5 Å². The summed E-state index contributed by atoms with van der Waals surface area (Å²) < 4.78 is 15.4. The minimum absolute atomic E-state index is 0.0970. The molecule has 1 atom stereocenters. The number of aliphatic hydroxyl groups is 1. The minimum Gasteiger partial charge on any atom is -0.369 e. The molecule has 7 heteroatoms. The molecule has 0 saturated carbocycles. The zero-order valence-electron chi connectivity index (χ0n) is 16.6. The summed E-state index contributed by atoms with van der Waals surface area (Å²) in [6.07, 6.45) is -1.15. The molecule has 1 amide bonds. The number of carbonyl (C=O) groups is 1. The number of hydrogen-bond donors (Lipinski definition) is 1. The van der Waals surface area contributed by atoms with Gasteiger partial charge in [-0.15, -0.1) is 0 Å². The third-order valence-electron chi connectivity index (χ3n) is 5.58. The standard InChI is InChI=1S/C24H18FN3O3/c1-14-6-4-11-20-26-19(13-27-22(29)17-9-2-3-10-18(17)23(27)30)21(24(31)28(14)20)15-7-5-8-16(25)12-15/h2-12,22,29H,13H2,1H3. The minimum atomic E-state index is -1.15. The summed E-state index contributed by atoms with van der Waals surface area (Å²) in [5, 5.41) is 10.7. The molecule has 154 valence electrons. The summed E-state index contributed by atoms with van der Waals surface area (Å²) in [6.45, 7) is 1.69. The molecule has 1 aliphatic rings. The Morgan fingerprint density at radius 2 is 1.81 bits per heavy atom. The van der Waals surface area contributed by atoms with Crippen LogP contribution in [0.2, 0.25) is 0 Å². The topological polar surface area (TPSA) is 74.9 Å². The Bertz CT molecular complexity index is 1410. The highest BCUT2D eigenvalue weighted by molar-refractivity contribution is 5.98. The number of fused-ring (bicyclic) bond motifs is 2. The number of nitrogens with zero attached hydrogens (tertiary/aromatic N) is 3. The van der Waals surface area contributed by atoms with Gasteiger partial charge in [0.1, 0.15) is 11.5 Å². The van der Waals surface area contributed by atoms with E-state index in [2.05, 4.69) is 4.98 Å². The maximum atomic E-state index is 14.0. The Kier molecular flexibility index (Phi) is 4.41. The van der Waals surface area contributed by atoms with E-state index in [1.54, 1.807) is 55.5 Å². The van der Waals surface area contributed by atoms with E-state index in [-0.39, 0.29) is 23.6 Å². The quantitative estimate of drug-likeness (QED) is 0.556. The Morgan fingerprint density at radius 3 is 2.58 bits per heavy atom. The third kappa shape index (κ3) is 3.02. The van der Waals surface area contributed by atoms with E-state index in [9.17, 15) is 19.1 Å². The molecule has 1 N–H and O–H groups in total. The van der Waals surface area contributed by atoms with E-state index in [1.807, 2.05) is 0 Å². The number of rotatable bonds is 3. The maximum absolute atomic E-state index is 14.0. The van der Waals surface area contributed by atoms with Crippen LogP contribution in [-0.4, -0.2) is 25.3 Å². The largest absolute Gasteiger partial charge is 0.369 e. The van der Waals surface area contributed by atoms with Crippen molar-refractivity contribution in [1.82, 2.24) is 14.3 Å². The molecule has 4 aromatic rings. The summed E-state index contributed by atoms with van der Waals surface area (Å²) in [5.41, 5.74) is 2.52. The van der Waals surface area contributed by atoms with E-state index >= 15 is 0 Å². The zero-order chi connectivity index (χ0) is 21.7. The first-order valence-corrected chi connectivity index (χ1v) is 9.81. The van der Waals surface area contributed by atoms with Crippen LogP contribution in [0.1, 0.15) is 33.5 Å². The van der Waals surface area contributed by atoms with E-state index in [0.29, 0.717) is 33.7 Å². The van der Waals surface area contributed by atoms with Crippen LogP contribution in [0, 0.1) is 12.7 Å². The molecule has 5 rings (SSSR count). The van der Waals surface area contributed by atoms with Crippen LogP contribution in [-0.2, 0) is 6.54 Å². The fraction of sp³-hybridized carbons (Fsp3) is 0.125. The lowest BCUT2D eigenvalue weighted by Gasteiger charge is -2.22. The monoisotopic (exact) mass is 415 g/mol. The highest BCUT2D eigenvalue weighted by Gasteiger charge is 2.36. The average molecular weight is 415 g/mol. The number of aryl methyl sites for hydroxylation is 1. The van der Waals surface area contributed by atoms with Gasteiger partial charge < -0.3 is 10.0 Å². The van der Waals surface area contributed by atoms with Crippen molar-refractivity contribution >= 4 is 11.6 Å². The fourth-order valence-electron chi connectivity index (χ4n) is 4.10. The molecule has 0 fully saturated rings. The first-order valence-electron chi connectivity index (χ1n) is 9.81. The maximum Gasteiger partial charge on any atom is 0.266 e. The molecular weight excluding hydrogens is 397 g/mol. The van der Waals surface area contributed by atoms with E-state index in [1.165, 1.54) is 27.5 Å². The van der Waals surface area contributed by atoms with Gasteiger partial charge in [-0.2, -0.15) is 0 Å². The van der Waals surface area contributed by atoms with Gasteiger partial charge in [0.2, 0.25) is 0 Å². The predicted molar refractivity (Wildman–Crippen MR) is 113 cm³/mol. The first kappa shape index (κ1) is 19.1. The van der Waals surface area contributed by atoms with Crippen molar-refractivity contribution in [2.75, 3.05) is 0 Å².